The van der Waals surface area contributed by atoms with Gasteiger partial charge in [-0.2, -0.15) is 0 Å². The molecule has 1 aromatic carbocycles. The van der Waals surface area contributed by atoms with Gasteiger partial charge in [0.15, 0.2) is 0 Å². The lowest BCUT2D eigenvalue weighted by Gasteiger charge is -2.21. The van der Waals surface area contributed by atoms with Crippen LogP contribution in [0.15, 0.2) is 24.3 Å². The average molecular weight is 316 g/mol. The fraction of sp³-hybridized carbons (Fsp3) is 0.667. The van der Waals surface area contributed by atoms with Crippen LogP contribution in [0.1, 0.15) is 75.8 Å². The van der Waals surface area contributed by atoms with Crippen LogP contribution in [0.3, 0.4) is 0 Å². The normalized spacial score (nSPS) is 18.0. The summed E-state index contributed by atoms with van der Waals surface area (Å²) in [5.74, 6) is 0.309. The molecule has 2 rings (SSSR count). The van der Waals surface area contributed by atoms with Gasteiger partial charge in [-0.1, -0.05) is 56.9 Å². The van der Waals surface area contributed by atoms with Crippen molar-refractivity contribution in [2.24, 2.45) is 0 Å². The molecule has 1 aliphatic rings. The molecule has 1 aromatic rings. The largest absolute Gasteiger partial charge is 0.378 e. The molecule has 0 aromatic heterocycles. The second kappa shape index (κ2) is 10.6. The van der Waals surface area contributed by atoms with E-state index in [9.17, 15) is 4.79 Å². The van der Waals surface area contributed by atoms with Crippen LogP contribution in [0.4, 0.5) is 0 Å². The highest BCUT2D eigenvalue weighted by atomic mass is 16.5. The molecular formula is C21H32O2. The minimum atomic E-state index is 0.165. The molecule has 0 radical (unpaired) electrons. The van der Waals surface area contributed by atoms with Gasteiger partial charge in [0.1, 0.15) is 5.78 Å². The van der Waals surface area contributed by atoms with Crippen LogP contribution in [0.25, 0.3) is 0 Å². The topological polar surface area (TPSA) is 26.3 Å². The second-order valence-electron chi connectivity index (χ2n) is 6.89. The van der Waals surface area contributed by atoms with Crippen molar-refractivity contribution >= 4 is 5.78 Å². The summed E-state index contributed by atoms with van der Waals surface area (Å²) in [5.41, 5.74) is 2.54. The maximum absolute atomic E-state index is 12.2. The van der Waals surface area contributed by atoms with Crippen molar-refractivity contribution in [1.82, 2.24) is 0 Å². The first-order valence-electron chi connectivity index (χ1n) is 9.49. The number of ether oxygens (including phenoxy) is 1. The molecule has 0 N–H and O–H groups in total. The summed E-state index contributed by atoms with van der Waals surface area (Å²) in [6, 6.07) is 8.64. The molecule has 128 valence electrons. The van der Waals surface area contributed by atoms with Gasteiger partial charge in [0, 0.05) is 19.4 Å². The van der Waals surface area contributed by atoms with Crippen molar-refractivity contribution in [3.8, 4) is 0 Å². The molecule has 1 fully saturated rings. The Kier molecular flexibility index (Phi) is 8.38. The summed E-state index contributed by atoms with van der Waals surface area (Å²) in [4.78, 5) is 12.2. The number of carbonyl (C=O) groups excluding carboxylic acids is 1. The zero-order valence-electron chi connectivity index (χ0n) is 14.7. The number of Topliss-reactive ketones (excluding diaryl/α,β-unsaturated/α-hetero) is 1. The van der Waals surface area contributed by atoms with E-state index in [0.29, 0.717) is 18.6 Å². The molecule has 0 aliphatic carbocycles. The highest BCUT2D eigenvalue weighted by molar-refractivity contribution is 5.81. The van der Waals surface area contributed by atoms with Gasteiger partial charge in [-0.3, -0.25) is 4.79 Å². The molecule has 0 saturated carbocycles. The van der Waals surface area contributed by atoms with Crippen molar-refractivity contribution in [3.05, 3.63) is 35.4 Å². The molecule has 1 aliphatic heterocycles. The molecule has 0 bridgehead atoms. The average Bonchev–Trinajstić information content (AvgIpc) is 2.57. The predicted octanol–water partition coefficient (Wildman–Crippen LogP) is 5.27. The van der Waals surface area contributed by atoms with E-state index in [1.54, 1.807) is 0 Å². The summed E-state index contributed by atoms with van der Waals surface area (Å²) in [6.07, 6.45) is 12.5. The lowest BCUT2D eigenvalue weighted by Crippen LogP contribution is -2.23. The van der Waals surface area contributed by atoms with Crippen molar-refractivity contribution in [3.63, 3.8) is 0 Å². The van der Waals surface area contributed by atoms with Crippen LogP contribution in [-0.2, 0) is 22.4 Å². The van der Waals surface area contributed by atoms with Crippen LogP contribution in [-0.4, -0.2) is 18.5 Å². The molecular weight excluding hydrogens is 284 g/mol. The standard InChI is InChI=1S/C21H32O2/c1-2-3-4-5-6-9-18-11-13-19(14-12-18)16-20(22)17-21-10-7-8-15-23-21/h11-14,21H,2-10,15-17H2,1H3. The third-order valence-electron chi connectivity index (χ3n) is 4.72. The molecule has 23 heavy (non-hydrogen) atoms. The van der Waals surface area contributed by atoms with Gasteiger partial charge in [0.05, 0.1) is 6.10 Å². The van der Waals surface area contributed by atoms with Crippen molar-refractivity contribution < 1.29 is 9.53 Å². The van der Waals surface area contributed by atoms with Gasteiger partial charge < -0.3 is 4.74 Å². The van der Waals surface area contributed by atoms with E-state index in [2.05, 4.69) is 31.2 Å². The van der Waals surface area contributed by atoms with Crippen LogP contribution >= 0.6 is 0 Å². The first kappa shape index (κ1) is 18.2. The van der Waals surface area contributed by atoms with Crippen molar-refractivity contribution in [1.29, 1.82) is 0 Å². The Labute approximate surface area is 141 Å². The summed E-state index contributed by atoms with van der Waals surface area (Å²) in [6.45, 7) is 3.07. The van der Waals surface area contributed by atoms with Crippen LogP contribution in [0.2, 0.25) is 0 Å². The van der Waals surface area contributed by atoms with Gasteiger partial charge in [0.2, 0.25) is 0 Å². The molecule has 2 heteroatoms. The monoisotopic (exact) mass is 316 g/mol. The van der Waals surface area contributed by atoms with E-state index in [4.69, 9.17) is 4.74 Å². The van der Waals surface area contributed by atoms with Crippen LogP contribution in [0.5, 0.6) is 0 Å². The number of rotatable bonds is 10. The summed E-state index contributed by atoms with van der Waals surface area (Å²) < 4.78 is 5.66. The molecule has 1 atom stereocenters. The predicted molar refractivity (Wildman–Crippen MR) is 95.8 cm³/mol. The van der Waals surface area contributed by atoms with Gasteiger partial charge in [-0.05, 0) is 43.2 Å². The van der Waals surface area contributed by atoms with Crippen molar-refractivity contribution in [2.45, 2.75) is 83.7 Å². The van der Waals surface area contributed by atoms with Crippen molar-refractivity contribution in [2.75, 3.05) is 6.61 Å². The van der Waals surface area contributed by atoms with Crippen LogP contribution in [0, 0.1) is 0 Å². The number of hydrogen-bond acceptors (Lipinski definition) is 2. The third kappa shape index (κ3) is 7.30. The Bertz CT molecular complexity index is 443. The number of unbranched alkanes of at least 4 members (excludes halogenated alkanes) is 4. The number of carbonyl (C=O) groups is 1. The Morgan fingerprint density at radius 1 is 1.04 bits per heavy atom. The lowest BCUT2D eigenvalue weighted by molar-refractivity contribution is -0.122. The van der Waals surface area contributed by atoms with Gasteiger partial charge in [-0.25, -0.2) is 0 Å². The highest BCUT2D eigenvalue weighted by Crippen LogP contribution is 2.17. The minimum Gasteiger partial charge on any atom is -0.378 e. The van der Waals surface area contributed by atoms with E-state index < -0.39 is 0 Å². The third-order valence-corrected chi connectivity index (χ3v) is 4.72. The molecule has 0 spiro atoms. The SMILES string of the molecule is CCCCCCCc1ccc(CC(=O)CC2CCCCO2)cc1. The Morgan fingerprint density at radius 3 is 2.48 bits per heavy atom. The zero-order chi connectivity index (χ0) is 16.3. The van der Waals surface area contributed by atoms with Gasteiger partial charge in [-0.15, -0.1) is 0 Å². The maximum Gasteiger partial charge on any atom is 0.139 e. The quantitative estimate of drug-likeness (QED) is 0.550. The molecule has 0 amide bonds. The maximum atomic E-state index is 12.2. The molecule has 1 saturated heterocycles. The van der Waals surface area contributed by atoms with E-state index in [-0.39, 0.29) is 6.10 Å². The molecule has 1 heterocycles. The fourth-order valence-corrected chi connectivity index (χ4v) is 3.28. The molecule has 2 nitrogen and oxygen atoms in total. The van der Waals surface area contributed by atoms with Gasteiger partial charge in [0.25, 0.3) is 0 Å². The Hall–Kier alpha value is -1.15. The summed E-state index contributed by atoms with van der Waals surface area (Å²) in [7, 11) is 0. The van der Waals surface area contributed by atoms with E-state index in [1.165, 1.54) is 44.1 Å². The Morgan fingerprint density at radius 2 is 1.78 bits per heavy atom. The van der Waals surface area contributed by atoms with Gasteiger partial charge >= 0.3 is 0 Å². The first-order valence-corrected chi connectivity index (χ1v) is 9.49. The van der Waals surface area contributed by atoms with E-state index >= 15 is 0 Å². The highest BCUT2D eigenvalue weighted by Gasteiger charge is 2.17. The van der Waals surface area contributed by atoms with Crippen LogP contribution < -0.4 is 0 Å². The smallest absolute Gasteiger partial charge is 0.139 e. The zero-order valence-corrected chi connectivity index (χ0v) is 14.7. The lowest BCUT2D eigenvalue weighted by atomic mass is 9.98. The minimum absolute atomic E-state index is 0.165. The first-order chi connectivity index (χ1) is 11.3. The number of ketones is 1. The summed E-state index contributed by atoms with van der Waals surface area (Å²) in [5, 5.41) is 0. The number of aryl methyl sites for hydroxylation is 1. The fourth-order valence-electron chi connectivity index (χ4n) is 3.28. The summed E-state index contributed by atoms with van der Waals surface area (Å²) >= 11 is 0. The van der Waals surface area contributed by atoms with E-state index in [1.807, 2.05) is 0 Å². The Balaban J connectivity index is 1.68. The number of benzene rings is 1. The second-order valence-corrected chi connectivity index (χ2v) is 6.89. The number of hydrogen-bond donors (Lipinski definition) is 0. The van der Waals surface area contributed by atoms with E-state index in [0.717, 1.165) is 31.4 Å². The molecule has 1 unspecified atom stereocenters.